The fraction of sp³-hybridized carbons (Fsp3) is 0.714. The molecule has 0 saturated heterocycles. The molecule has 1 saturated carbocycles. The molecule has 0 bridgehead atoms. The maximum Gasteiger partial charge on any atom is -0.0202 e. The van der Waals surface area contributed by atoms with Crippen molar-refractivity contribution in [2.75, 3.05) is 0 Å². The molecule has 0 aromatic carbocycles. The second-order valence-corrected chi connectivity index (χ2v) is 4.75. The van der Waals surface area contributed by atoms with E-state index in [-0.39, 0.29) is 0 Å². The van der Waals surface area contributed by atoms with Crippen molar-refractivity contribution in [3.05, 3.63) is 25.3 Å². The largest absolute Gasteiger partial charge is 0.103 e. The third-order valence-electron chi connectivity index (χ3n) is 3.60. The lowest BCUT2D eigenvalue weighted by molar-refractivity contribution is 0.263. The van der Waals surface area contributed by atoms with Crippen LogP contribution in [0.4, 0.5) is 0 Å². The van der Waals surface area contributed by atoms with Crippen LogP contribution >= 0.6 is 0 Å². The van der Waals surface area contributed by atoms with Gasteiger partial charge in [0, 0.05) is 0 Å². The van der Waals surface area contributed by atoms with Crippen molar-refractivity contribution in [2.45, 2.75) is 45.4 Å². The first kappa shape index (κ1) is 11.6. The van der Waals surface area contributed by atoms with Crippen molar-refractivity contribution in [2.24, 2.45) is 17.8 Å². The molecule has 0 heteroatoms. The van der Waals surface area contributed by atoms with Gasteiger partial charge >= 0.3 is 0 Å². The van der Waals surface area contributed by atoms with Crippen molar-refractivity contribution in [3.63, 3.8) is 0 Å². The first-order chi connectivity index (χ1) is 6.77. The summed E-state index contributed by atoms with van der Waals surface area (Å²) in [6.45, 7) is 10.1. The predicted octanol–water partition coefficient (Wildman–Crippen LogP) is 4.58. The van der Waals surface area contributed by atoms with Crippen LogP contribution in [0.2, 0.25) is 0 Å². The van der Waals surface area contributed by atoms with E-state index < -0.39 is 0 Å². The molecule has 0 radical (unpaired) electrons. The van der Waals surface area contributed by atoms with Gasteiger partial charge in [-0.3, -0.25) is 0 Å². The molecule has 0 aromatic heterocycles. The first-order valence-electron chi connectivity index (χ1n) is 6.03. The summed E-state index contributed by atoms with van der Waals surface area (Å²) >= 11 is 0. The van der Waals surface area contributed by atoms with Gasteiger partial charge in [0.25, 0.3) is 0 Å². The van der Waals surface area contributed by atoms with Crippen LogP contribution in [0.25, 0.3) is 0 Å². The van der Waals surface area contributed by atoms with Crippen LogP contribution in [0.3, 0.4) is 0 Å². The second-order valence-electron chi connectivity index (χ2n) is 4.75. The van der Waals surface area contributed by atoms with Gasteiger partial charge in [-0.1, -0.05) is 38.3 Å². The monoisotopic (exact) mass is 192 g/mol. The highest BCUT2D eigenvalue weighted by Crippen LogP contribution is 2.34. The molecule has 0 heterocycles. The van der Waals surface area contributed by atoms with Crippen LogP contribution in [0.1, 0.15) is 45.4 Å². The van der Waals surface area contributed by atoms with Crippen molar-refractivity contribution < 1.29 is 0 Å². The van der Waals surface area contributed by atoms with Crippen molar-refractivity contribution >= 4 is 0 Å². The average molecular weight is 192 g/mol. The van der Waals surface area contributed by atoms with E-state index in [1.807, 2.05) is 0 Å². The highest BCUT2D eigenvalue weighted by molar-refractivity contribution is 4.90. The van der Waals surface area contributed by atoms with Crippen molar-refractivity contribution in [1.29, 1.82) is 0 Å². The minimum Gasteiger partial charge on any atom is -0.103 e. The summed E-state index contributed by atoms with van der Waals surface area (Å²) < 4.78 is 0. The lowest BCUT2D eigenvalue weighted by Crippen LogP contribution is -2.17. The van der Waals surface area contributed by atoms with Gasteiger partial charge in [-0.15, -0.1) is 13.2 Å². The zero-order valence-electron chi connectivity index (χ0n) is 9.54. The molecule has 1 fully saturated rings. The number of rotatable bonds is 5. The molecule has 80 valence electrons. The van der Waals surface area contributed by atoms with Gasteiger partial charge in [0.1, 0.15) is 0 Å². The molecule has 0 N–H and O–H groups in total. The van der Waals surface area contributed by atoms with E-state index >= 15 is 0 Å². The molecule has 0 amide bonds. The summed E-state index contributed by atoms with van der Waals surface area (Å²) in [6.07, 6.45) is 12.6. The highest BCUT2D eigenvalue weighted by Gasteiger charge is 2.21. The Labute approximate surface area is 89.1 Å². The highest BCUT2D eigenvalue weighted by atomic mass is 14.3. The SMILES string of the molecule is C=CC(C)CC(C=C)C1CCCCC1. The molecule has 1 aliphatic rings. The van der Waals surface area contributed by atoms with Crippen molar-refractivity contribution in [3.8, 4) is 0 Å². The third kappa shape index (κ3) is 3.32. The summed E-state index contributed by atoms with van der Waals surface area (Å²) in [5.41, 5.74) is 0. The van der Waals surface area contributed by atoms with Gasteiger partial charge in [0.2, 0.25) is 0 Å². The molecule has 2 unspecified atom stereocenters. The second kappa shape index (κ2) is 6.06. The van der Waals surface area contributed by atoms with Gasteiger partial charge < -0.3 is 0 Å². The molecule has 14 heavy (non-hydrogen) atoms. The van der Waals surface area contributed by atoms with E-state index in [0.29, 0.717) is 5.92 Å². The lowest BCUT2D eigenvalue weighted by Gasteiger charge is -2.29. The maximum absolute atomic E-state index is 3.99. The fourth-order valence-electron chi connectivity index (χ4n) is 2.57. The quantitative estimate of drug-likeness (QED) is 0.559. The standard InChI is InChI=1S/C14H24/c1-4-12(3)11-13(5-2)14-9-7-6-8-10-14/h4-5,12-14H,1-2,6-11H2,3H3. The Balaban J connectivity index is 2.42. The summed E-state index contributed by atoms with van der Waals surface area (Å²) in [6, 6.07) is 0. The van der Waals surface area contributed by atoms with E-state index in [1.165, 1.54) is 38.5 Å². The van der Waals surface area contributed by atoms with Crippen LogP contribution in [-0.4, -0.2) is 0 Å². The lowest BCUT2D eigenvalue weighted by atomic mass is 9.76. The van der Waals surface area contributed by atoms with Crippen LogP contribution in [0, 0.1) is 17.8 Å². The first-order valence-corrected chi connectivity index (χ1v) is 6.03. The Morgan fingerprint density at radius 2 is 1.79 bits per heavy atom. The van der Waals surface area contributed by atoms with Crippen LogP contribution < -0.4 is 0 Å². The van der Waals surface area contributed by atoms with E-state index in [0.717, 1.165) is 11.8 Å². The van der Waals surface area contributed by atoms with Gasteiger partial charge in [0.05, 0.1) is 0 Å². The van der Waals surface area contributed by atoms with Gasteiger partial charge in [-0.2, -0.15) is 0 Å². The molecule has 0 aromatic rings. The number of hydrogen-bond acceptors (Lipinski definition) is 0. The summed E-state index contributed by atoms with van der Waals surface area (Å²) in [5, 5.41) is 0. The van der Waals surface area contributed by atoms with Gasteiger partial charge in [0.15, 0.2) is 0 Å². The van der Waals surface area contributed by atoms with Gasteiger partial charge in [-0.05, 0) is 37.0 Å². The summed E-state index contributed by atoms with van der Waals surface area (Å²) in [7, 11) is 0. The molecule has 1 rings (SSSR count). The van der Waals surface area contributed by atoms with Gasteiger partial charge in [-0.25, -0.2) is 0 Å². The molecule has 2 atom stereocenters. The molecule has 0 aliphatic heterocycles. The average Bonchev–Trinajstić information content (AvgIpc) is 2.26. The summed E-state index contributed by atoms with van der Waals surface area (Å²) in [5.74, 6) is 2.27. The minimum absolute atomic E-state index is 0.639. The Kier molecular flexibility index (Phi) is 5.00. The Bertz CT molecular complexity index is 174. The van der Waals surface area contributed by atoms with E-state index in [2.05, 4.69) is 32.2 Å². The molecular formula is C14H24. The molecule has 0 nitrogen and oxygen atoms in total. The van der Waals surface area contributed by atoms with E-state index in [1.54, 1.807) is 0 Å². The number of hydrogen-bond donors (Lipinski definition) is 0. The van der Waals surface area contributed by atoms with E-state index in [9.17, 15) is 0 Å². The smallest absolute Gasteiger partial charge is 0.0202 e. The van der Waals surface area contributed by atoms with Crippen LogP contribution in [-0.2, 0) is 0 Å². The Morgan fingerprint density at radius 1 is 1.14 bits per heavy atom. The topological polar surface area (TPSA) is 0 Å². The van der Waals surface area contributed by atoms with E-state index in [4.69, 9.17) is 0 Å². The van der Waals surface area contributed by atoms with Crippen molar-refractivity contribution in [1.82, 2.24) is 0 Å². The summed E-state index contributed by atoms with van der Waals surface area (Å²) in [4.78, 5) is 0. The maximum atomic E-state index is 3.99. The molecule has 0 spiro atoms. The zero-order valence-corrected chi connectivity index (χ0v) is 9.54. The Hall–Kier alpha value is -0.520. The van der Waals surface area contributed by atoms with Crippen LogP contribution in [0.15, 0.2) is 25.3 Å². The Morgan fingerprint density at radius 3 is 2.29 bits per heavy atom. The number of allylic oxidation sites excluding steroid dienone is 2. The third-order valence-corrected chi connectivity index (χ3v) is 3.60. The fourth-order valence-corrected chi connectivity index (χ4v) is 2.57. The zero-order chi connectivity index (χ0) is 10.4. The molecule has 1 aliphatic carbocycles. The van der Waals surface area contributed by atoms with Crippen LogP contribution in [0.5, 0.6) is 0 Å². The minimum atomic E-state index is 0.639. The predicted molar refractivity (Wildman–Crippen MR) is 64.2 cm³/mol. The normalized spacial score (nSPS) is 22.6. The molecular weight excluding hydrogens is 168 g/mol.